The molecule has 27 heavy (non-hydrogen) atoms. The van der Waals surface area contributed by atoms with Crippen molar-refractivity contribution in [3.63, 3.8) is 0 Å². The van der Waals surface area contributed by atoms with Gasteiger partial charge >= 0.3 is 0 Å². The second-order valence-corrected chi connectivity index (χ2v) is 6.23. The molecule has 1 aromatic carbocycles. The van der Waals surface area contributed by atoms with Crippen LogP contribution < -0.4 is 10.2 Å². The SMILES string of the molecule is C.CC.CC.CNc1cc(C)cnc1N(Cc1c(C)cccc1C)C(C)C. The standard InChI is InChI=1S/C19H27N3.2C2H6.CH4/c1-13(2)22(12-17-15(4)8-7-9-16(17)5)19-18(20-6)10-14(3)11-21-19;2*1-2;/h7-11,13,20H,12H2,1-6H3;2*1-2H3;1H4. The summed E-state index contributed by atoms with van der Waals surface area (Å²) in [6.07, 6.45) is 1.94. The first kappa shape index (κ1) is 27.2. The number of nitrogens with zero attached hydrogens (tertiary/aromatic N) is 2. The van der Waals surface area contributed by atoms with Gasteiger partial charge in [-0.25, -0.2) is 4.98 Å². The fraction of sp³-hybridized carbons (Fsp3) is 0.542. The van der Waals surface area contributed by atoms with E-state index < -0.39 is 0 Å². The first-order valence-electron chi connectivity index (χ1n) is 9.90. The highest BCUT2D eigenvalue weighted by atomic mass is 15.2. The van der Waals surface area contributed by atoms with E-state index in [4.69, 9.17) is 0 Å². The lowest BCUT2D eigenvalue weighted by Gasteiger charge is -2.31. The summed E-state index contributed by atoms with van der Waals surface area (Å²) < 4.78 is 0. The summed E-state index contributed by atoms with van der Waals surface area (Å²) in [6.45, 7) is 19.7. The van der Waals surface area contributed by atoms with Gasteiger partial charge in [0.2, 0.25) is 0 Å². The summed E-state index contributed by atoms with van der Waals surface area (Å²) in [5.41, 5.74) is 6.32. The molecule has 0 spiro atoms. The Morgan fingerprint density at radius 1 is 1.00 bits per heavy atom. The molecule has 0 radical (unpaired) electrons. The lowest BCUT2D eigenvalue weighted by atomic mass is 10.0. The van der Waals surface area contributed by atoms with Crippen molar-refractivity contribution >= 4 is 11.5 Å². The van der Waals surface area contributed by atoms with E-state index in [1.54, 1.807) is 0 Å². The van der Waals surface area contributed by atoms with Crippen LogP contribution in [0.15, 0.2) is 30.5 Å². The van der Waals surface area contributed by atoms with Crippen LogP contribution in [0, 0.1) is 20.8 Å². The summed E-state index contributed by atoms with van der Waals surface area (Å²) in [5, 5.41) is 3.28. The average molecular weight is 374 g/mol. The predicted octanol–water partition coefficient (Wildman–Crippen LogP) is 7.15. The van der Waals surface area contributed by atoms with Crippen LogP contribution in [-0.2, 0) is 6.54 Å². The maximum Gasteiger partial charge on any atom is 0.152 e. The van der Waals surface area contributed by atoms with E-state index in [1.807, 2.05) is 40.9 Å². The highest BCUT2D eigenvalue weighted by Gasteiger charge is 2.18. The molecule has 0 fully saturated rings. The van der Waals surface area contributed by atoms with Crippen molar-refractivity contribution in [1.82, 2.24) is 4.98 Å². The number of hydrogen-bond acceptors (Lipinski definition) is 3. The molecule has 0 bridgehead atoms. The monoisotopic (exact) mass is 373 g/mol. The van der Waals surface area contributed by atoms with Crippen molar-refractivity contribution in [3.8, 4) is 0 Å². The summed E-state index contributed by atoms with van der Waals surface area (Å²) in [6, 6.07) is 9.02. The number of anilines is 2. The molecular formula is C24H43N3. The number of hydrogen-bond donors (Lipinski definition) is 1. The molecule has 0 aliphatic carbocycles. The van der Waals surface area contributed by atoms with Crippen LogP contribution in [0.5, 0.6) is 0 Å². The second kappa shape index (κ2) is 14.1. The molecule has 3 heteroatoms. The lowest BCUT2D eigenvalue weighted by Crippen LogP contribution is -2.32. The smallest absolute Gasteiger partial charge is 0.152 e. The molecule has 1 aromatic heterocycles. The van der Waals surface area contributed by atoms with E-state index in [-0.39, 0.29) is 7.43 Å². The molecule has 0 amide bonds. The first-order chi connectivity index (χ1) is 12.4. The van der Waals surface area contributed by atoms with Gasteiger partial charge in [0.05, 0.1) is 5.69 Å². The van der Waals surface area contributed by atoms with Crippen LogP contribution in [0.4, 0.5) is 11.5 Å². The van der Waals surface area contributed by atoms with Gasteiger partial charge in [0.25, 0.3) is 0 Å². The average Bonchev–Trinajstić information content (AvgIpc) is 2.65. The number of benzene rings is 1. The van der Waals surface area contributed by atoms with E-state index in [0.717, 1.165) is 18.1 Å². The molecule has 2 aromatic rings. The van der Waals surface area contributed by atoms with Gasteiger partial charge in [-0.15, -0.1) is 0 Å². The Hall–Kier alpha value is -2.03. The molecule has 1 heterocycles. The van der Waals surface area contributed by atoms with Crippen molar-refractivity contribution in [2.24, 2.45) is 0 Å². The van der Waals surface area contributed by atoms with Crippen LogP contribution in [0.25, 0.3) is 0 Å². The van der Waals surface area contributed by atoms with Gasteiger partial charge in [-0.05, 0) is 62.9 Å². The Balaban J connectivity index is 0. The lowest BCUT2D eigenvalue weighted by molar-refractivity contribution is 0.670. The second-order valence-electron chi connectivity index (χ2n) is 6.23. The molecule has 0 aliphatic heterocycles. The van der Waals surface area contributed by atoms with Gasteiger partial charge in [0, 0.05) is 25.8 Å². The van der Waals surface area contributed by atoms with E-state index in [9.17, 15) is 0 Å². The molecule has 0 aliphatic rings. The molecule has 0 saturated carbocycles. The van der Waals surface area contributed by atoms with Crippen LogP contribution in [0.3, 0.4) is 0 Å². The molecule has 154 valence electrons. The first-order valence-corrected chi connectivity index (χ1v) is 9.90. The van der Waals surface area contributed by atoms with Gasteiger partial charge in [-0.3, -0.25) is 0 Å². The number of aryl methyl sites for hydroxylation is 3. The molecule has 3 nitrogen and oxygen atoms in total. The molecular weight excluding hydrogens is 330 g/mol. The fourth-order valence-electron chi connectivity index (χ4n) is 2.75. The molecule has 0 atom stereocenters. The largest absolute Gasteiger partial charge is 0.385 e. The molecule has 2 rings (SSSR count). The zero-order valence-electron chi connectivity index (χ0n) is 18.6. The summed E-state index contributed by atoms with van der Waals surface area (Å²) in [4.78, 5) is 7.05. The number of aromatic nitrogens is 1. The third-order valence-electron chi connectivity index (χ3n) is 4.14. The van der Waals surface area contributed by atoms with E-state index in [1.165, 1.54) is 22.3 Å². The van der Waals surface area contributed by atoms with Gasteiger partial charge in [-0.2, -0.15) is 0 Å². The third-order valence-corrected chi connectivity index (χ3v) is 4.14. The molecule has 1 N–H and O–H groups in total. The minimum absolute atomic E-state index is 0. The van der Waals surface area contributed by atoms with E-state index in [2.05, 4.69) is 74.1 Å². The number of rotatable bonds is 5. The fourth-order valence-corrected chi connectivity index (χ4v) is 2.75. The minimum Gasteiger partial charge on any atom is -0.385 e. The Kier molecular flexibility index (Phi) is 14.2. The maximum absolute atomic E-state index is 4.69. The summed E-state index contributed by atoms with van der Waals surface area (Å²) >= 11 is 0. The predicted molar refractivity (Wildman–Crippen MR) is 125 cm³/mol. The van der Waals surface area contributed by atoms with Crippen LogP contribution >= 0.6 is 0 Å². The van der Waals surface area contributed by atoms with Crippen LogP contribution in [0.1, 0.15) is 71.2 Å². The molecule has 0 saturated heterocycles. The van der Waals surface area contributed by atoms with Gasteiger partial charge in [-0.1, -0.05) is 53.3 Å². The summed E-state index contributed by atoms with van der Waals surface area (Å²) in [5.74, 6) is 1.02. The number of nitrogens with one attached hydrogen (secondary N) is 1. The number of pyridine rings is 1. The van der Waals surface area contributed by atoms with E-state index >= 15 is 0 Å². The van der Waals surface area contributed by atoms with Gasteiger partial charge < -0.3 is 10.2 Å². The van der Waals surface area contributed by atoms with Crippen molar-refractivity contribution < 1.29 is 0 Å². The van der Waals surface area contributed by atoms with Crippen molar-refractivity contribution in [3.05, 3.63) is 52.7 Å². The summed E-state index contributed by atoms with van der Waals surface area (Å²) in [7, 11) is 1.96. The minimum atomic E-state index is 0. The van der Waals surface area contributed by atoms with Crippen molar-refractivity contribution in [2.75, 3.05) is 17.3 Å². The highest BCUT2D eigenvalue weighted by molar-refractivity contribution is 5.66. The van der Waals surface area contributed by atoms with E-state index in [0.29, 0.717) is 6.04 Å². The van der Waals surface area contributed by atoms with Crippen molar-refractivity contribution in [2.45, 2.75) is 82.3 Å². The maximum atomic E-state index is 4.69. The van der Waals surface area contributed by atoms with Crippen LogP contribution in [0.2, 0.25) is 0 Å². The quantitative estimate of drug-likeness (QED) is 0.603. The van der Waals surface area contributed by atoms with Crippen LogP contribution in [-0.4, -0.2) is 18.1 Å². The normalized spacial score (nSPS) is 9.30. The Labute approximate surface area is 169 Å². The Bertz CT molecular complexity index is 628. The zero-order valence-corrected chi connectivity index (χ0v) is 18.6. The Morgan fingerprint density at radius 2 is 1.52 bits per heavy atom. The van der Waals surface area contributed by atoms with Crippen molar-refractivity contribution in [1.29, 1.82) is 0 Å². The zero-order chi connectivity index (χ0) is 20.3. The van der Waals surface area contributed by atoms with Gasteiger partial charge in [0.15, 0.2) is 5.82 Å². The topological polar surface area (TPSA) is 28.2 Å². The molecule has 0 unspecified atom stereocenters. The Morgan fingerprint density at radius 3 is 1.96 bits per heavy atom. The van der Waals surface area contributed by atoms with Gasteiger partial charge in [0.1, 0.15) is 0 Å². The highest BCUT2D eigenvalue weighted by Crippen LogP contribution is 2.28. The third kappa shape index (κ3) is 7.62.